The fourth-order valence-corrected chi connectivity index (χ4v) is 1.97. The van der Waals surface area contributed by atoms with E-state index >= 15 is 0 Å². The first kappa shape index (κ1) is 11.8. The summed E-state index contributed by atoms with van der Waals surface area (Å²) in [4.78, 5) is 33.5. The summed E-state index contributed by atoms with van der Waals surface area (Å²) >= 11 is 6.75. The lowest BCUT2D eigenvalue weighted by Crippen LogP contribution is -2.33. The van der Waals surface area contributed by atoms with Gasteiger partial charge in [0.1, 0.15) is 10.2 Å². The zero-order valence-electron chi connectivity index (χ0n) is 8.55. The number of aromatic nitrogens is 5. The Bertz CT molecular complexity index is 667. The maximum Gasteiger partial charge on any atom is 0.339 e. The Morgan fingerprint density at radius 3 is 2.82 bits per heavy atom. The molecular weight excluding hydrogens is 266 g/mol. The SMILES string of the molecule is Cn1[nH]c(=O)c(=O)nc1Sc1cncc(Cl)n1. The third-order valence-electron chi connectivity index (χ3n) is 1.73. The topological polar surface area (TPSA) is 93.5 Å². The van der Waals surface area contributed by atoms with Crippen LogP contribution in [0.2, 0.25) is 5.15 Å². The monoisotopic (exact) mass is 271 g/mol. The zero-order valence-corrected chi connectivity index (χ0v) is 10.1. The fraction of sp³-hybridized carbons (Fsp3) is 0.125. The molecule has 0 bridgehead atoms. The molecule has 0 aromatic carbocycles. The summed E-state index contributed by atoms with van der Waals surface area (Å²) in [6, 6.07) is 0. The second kappa shape index (κ2) is 4.68. The molecule has 0 spiro atoms. The highest BCUT2D eigenvalue weighted by Crippen LogP contribution is 2.22. The van der Waals surface area contributed by atoms with Gasteiger partial charge in [0.15, 0.2) is 5.16 Å². The van der Waals surface area contributed by atoms with Gasteiger partial charge in [-0.15, -0.1) is 0 Å². The molecule has 0 unspecified atom stereocenters. The molecule has 0 amide bonds. The van der Waals surface area contributed by atoms with E-state index in [0.29, 0.717) is 10.2 Å². The Morgan fingerprint density at radius 2 is 2.12 bits per heavy atom. The highest BCUT2D eigenvalue weighted by atomic mass is 35.5. The van der Waals surface area contributed by atoms with E-state index in [-0.39, 0.29) is 5.15 Å². The molecular formula is C8H6ClN5O2S. The van der Waals surface area contributed by atoms with Crippen molar-refractivity contribution in [1.82, 2.24) is 24.7 Å². The van der Waals surface area contributed by atoms with Crippen LogP contribution in [0.5, 0.6) is 0 Å². The molecule has 0 aliphatic heterocycles. The van der Waals surface area contributed by atoms with Gasteiger partial charge in [0.25, 0.3) is 0 Å². The van der Waals surface area contributed by atoms with Crippen molar-refractivity contribution in [1.29, 1.82) is 0 Å². The van der Waals surface area contributed by atoms with Gasteiger partial charge >= 0.3 is 11.1 Å². The van der Waals surface area contributed by atoms with E-state index in [1.807, 2.05) is 0 Å². The van der Waals surface area contributed by atoms with E-state index in [9.17, 15) is 9.59 Å². The molecule has 0 aliphatic carbocycles. The number of rotatable bonds is 2. The Labute approximate surface area is 104 Å². The number of nitrogens with zero attached hydrogens (tertiary/aromatic N) is 4. The van der Waals surface area contributed by atoms with Crippen LogP contribution in [0.25, 0.3) is 0 Å². The first-order valence-corrected chi connectivity index (χ1v) is 5.58. The molecule has 17 heavy (non-hydrogen) atoms. The molecule has 2 aromatic rings. The summed E-state index contributed by atoms with van der Waals surface area (Å²) in [6.07, 6.45) is 2.87. The molecule has 7 nitrogen and oxygen atoms in total. The van der Waals surface area contributed by atoms with Crippen LogP contribution in [0.4, 0.5) is 0 Å². The van der Waals surface area contributed by atoms with Crippen molar-refractivity contribution >= 4 is 23.4 Å². The molecule has 0 saturated carbocycles. The van der Waals surface area contributed by atoms with Crippen molar-refractivity contribution in [2.75, 3.05) is 0 Å². The van der Waals surface area contributed by atoms with E-state index in [1.165, 1.54) is 17.1 Å². The lowest BCUT2D eigenvalue weighted by Gasteiger charge is -2.04. The first-order valence-electron chi connectivity index (χ1n) is 4.39. The van der Waals surface area contributed by atoms with Crippen molar-refractivity contribution in [2.24, 2.45) is 7.05 Å². The van der Waals surface area contributed by atoms with Crippen molar-refractivity contribution in [3.05, 3.63) is 38.3 Å². The van der Waals surface area contributed by atoms with E-state index in [1.54, 1.807) is 7.05 Å². The van der Waals surface area contributed by atoms with Crippen LogP contribution < -0.4 is 11.1 Å². The van der Waals surface area contributed by atoms with Crippen molar-refractivity contribution in [3.63, 3.8) is 0 Å². The van der Waals surface area contributed by atoms with Crippen LogP contribution in [0.15, 0.2) is 32.2 Å². The molecule has 2 heterocycles. The van der Waals surface area contributed by atoms with E-state index in [0.717, 1.165) is 11.8 Å². The lowest BCUT2D eigenvalue weighted by molar-refractivity contribution is 0.596. The average molecular weight is 272 g/mol. The van der Waals surface area contributed by atoms with Crippen LogP contribution >= 0.6 is 23.4 Å². The van der Waals surface area contributed by atoms with Crippen LogP contribution in [-0.2, 0) is 7.05 Å². The number of hydrogen-bond acceptors (Lipinski definition) is 6. The molecule has 2 aromatic heterocycles. The van der Waals surface area contributed by atoms with Gasteiger partial charge in [0, 0.05) is 7.05 Å². The Morgan fingerprint density at radius 1 is 1.35 bits per heavy atom. The van der Waals surface area contributed by atoms with E-state index in [4.69, 9.17) is 11.6 Å². The van der Waals surface area contributed by atoms with Gasteiger partial charge in [0.05, 0.1) is 12.4 Å². The van der Waals surface area contributed by atoms with Crippen LogP contribution in [0.1, 0.15) is 0 Å². The quantitative estimate of drug-likeness (QED) is 0.777. The molecule has 0 atom stereocenters. The molecule has 0 radical (unpaired) electrons. The van der Waals surface area contributed by atoms with E-state index in [2.05, 4.69) is 20.1 Å². The second-order valence-corrected chi connectivity index (χ2v) is 4.36. The molecule has 88 valence electrons. The zero-order chi connectivity index (χ0) is 12.4. The van der Waals surface area contributed by atoms with Gasteiger partial charge in [-0.25, -0.2) is 4.98 Å². The second-order valence-electron chi connectivity index (χ2n) is 2.98. The van der Waals surface area contributed by atoms with Gasteiger partial charge in [-0.2, -0.15) is 4.98 Å². The summed E-state index contributed by atoms with van der Waals surface area (Å²) in [5, 5.41) is 3.34. The summed E-state index contributed by atoms with van der Waals surface area (Å²) < 4.78 is 1.33. The highest BCUT2D eigenvalue weighted by Gasteiger charge is 2.07. The van der Waals surface area contributed by atoms with E-state index < -0.39 is 11.1 Å². The number of aromatic amines is 1. The normalized spacial score (nSPS) is 10.5. The summed E-state index contributed by atoms with van der Waals surface area (Å²) in [5.41, 5.74) is -1.62. The molecule has 1 N–H and O–H groups in total. The van der Waals surface area contributed by atoms with Gasteiger partial charge < -0.3 is 0 Å². The van der Waals surface area contributed by atoms with Crippen molar-refractivity contribution in [3.8, 4) is 0 Å². The van der Waals surface area contributed by atoms with Gasteiger partial charge in [-0.3, -0.25) is 24.4 Å². The van der Waals surface area contributed by atoms with Gasteiger partial charge in [0.2, 0.25) is 0 Å². The summed E-state index contributed by atoms with van der Waals surface area (Å²) in [6.45, 7) is 0. The molecule has 0 aliphatic rings. The minimum atomic E-state index is -0.847. The predicted molar refractivity (Wildman–Crippen MR) is 61.3 cm³/mol. The van der Waals surface area contributed by atoms with Crippen molar-refractivity contribution < 1.29 is 0 Å². The Kier molecular flexibility index (Phi) is 3.25. The van der Waals surface area contributed by atoms with Gasteiger partial charge in [-0.1, -0.05) is 11.6 Å². The number of aryl methyl sites for hydroxylation is 1. The van der Waals surface area contributed by atoms with Crippen LogP contribution in [0, 0.1) is 0 Å². The molecule has 0 saturated heterocycles. The first-order chi connectivity index (χ1) is 8.06. The van der Waals surface area contributed by atoms with Crippen molar-refractivity contribution in [2.45, 2.75) is 10.2 Å². The number of H-pyrrole nitrogens is 1. The van der Waals surface area contributed by atoms with Gasteiger partial charge in [-0.05, 0) is 11.8 Å². The Balaban J connectivity index is 2.40. The Hall–Kier alpha value is -1.67. The summed E-state index contributed by atoms with van der Waals surface area (Å²) in [5.74, 6) is 0. The number of hydrogen-bond donors (Lipinski definition) is 1. The number of halogens is 1. The third-order valence-corrected chi connectivity index (χ3v) is 2.86. The molecule has 9 heteroatoms. The average Bonchev–Trinajstić information content (AvgIpc) is 2.26. The highest BCUT2D eigenvalue weighted by molar-refractivity contribution is 7.99. The third kappa shape index (κ3) is 2.71. The molecule has 0 fully saturated rings. The standard InChI is InChI=1S/C8H6ClN5O2S/c1-14-8(12-6(15)7(16)13-14)17-5-3-10-2-4(9)11-5/h2-3H,1H3,(H,13,16). The minimum Gasteiger partial charge on any atom is -0.265 e. The maximum atomic E-state index is 11.1. The van der Waals surface area contributed by atoms with Crippen LogP contribution in [0.3, 0.4) is 0 Å². The largest absolute Gasteiger partial charge is 0.339 e. The predicted octanol–water partition coefficient (Wildman–Crippen LogP) is 0.0632. The fourth-order valence-electron chi connectivity index (χ4n) is 1.02. The lowest BCUT2D eigenvalue weighted by atomic mass is 10.8. The number of nitrogens with one attached hydrogen (secondary N) is 1. The minimum absolute atomic E-state index is 0.240. The molecule has 2 rings (SSSR count). The smallest absolute Gasteiger partial charge is 0.265 e. The summed E-state index contributed by atoms with van der Waals surface area (Å²) in [7, 11) is 1.56. The maximum absolute atomic E-state index is 11.1. The van der Waals surface area contributed by atoms with Crippen LogP contribution in [-0.4, -0.2) is 24.7 Å².